The van der Waals surface area contributed by atoms with Crippen molar-refractivity contribution >= 4 is 11.2 Å². The minimum Gasteiger partial charge on any atom is -0.394 e. The molecule has 1 aliphatic heterocycles. The summed E-state index contributed by atoms with van der Waals surface area (Å²) in [6.45, 7) is 0.959. The van der Waals surface area contributed by atoms with Gasteiger partial charge in [0.05, 0.1) is 19.3 Å². The van der Waals surface area contributed by atoms with Crippen molar-refractivity contribution < 1.29 is 20.1 Å². The normalized spacial score (nSPS) is 32.9. The van der Waals surface area contributed by atoms with Crippen LogP contribution in [0.15, 0.2) is 17.4 Å². The van der Waals surface area contributed by atoms with E-state index in [4.69, 9.17) is 4.74 Å². The van der Waals surface area contributed by atoms with Crippen LogP contribution in [0.5, 0.6) is 0 Å². The average Bonchev–Trinajstić information content (AvgIpc) is 2.96. The summed E-state index contributed by atoms with van der Waals surface area (Å²) in [4.78, 5) is 20.1. The summed E-state index contributed by atoms with van der Waals surface area (Å²) in [6.07, 6.45) is -0.531. The van der Waals surface area contributed by atoms with E-state index >= 15 is 0 Å². The number of hydrogen-bond donors (Lipinski definition) is 3. The molecule has 2 aromatic heterocycles. The minimum atomic E-state index is -1.65. The summed E-state index contributed by atoms with van der Waals surface area (Å²) in [5.41, 5.74) is -1.59. The molecule has 2 aromatic rings. The molecule has 1 fully saturated rings. The fourth-order valence-corrected chi connectivity index (χ4v) is 2.56. The number of aliphatic hydroxyl groups excluding tert-OH is 2. The highest BCUT2D eigenvalue weighted by atomic mass is 16.6. The van der Waals surface area contributed by atoms with E-state index in [1.807, 2.05) is 0 Å². The first-order valence-electron chi connectivity index (χ1n) is 6.43. The zero-order valence-electron chi connectivity index (χ0n) is 11.5. The standard InChI is InChI=1S/C12H16N4O5/c1-12(20)8(18)6(3-17)21-11(12)16-5-13-7-9(16)14-4-15(2)10(7)19/h4-6,8,11,17-18,20H,3H2,1-2H3/t6-,8-,11-,12-/m1/s1. The van der Waals surface area contributed by atoms with Gasteiger partial charge in [0.1, 0.15) is 17.8 Å². The number of aryl methyl sites for hydroxylation is 1. The number of ether oxygens (including phenoxy) is 1. The molecule has 1 saturated heterocycles. The lowest BCUT2D eigenvalue weighted by Gasteiger charge is -2.27. The molecule has 0 saturated carbocycles. The second kappa shape index (κ2) is 4.60. The Morgan fingerprint density at radius 1 is 1.43 bits per heavy atom. The topological polar surface area (TPSA) is 123 Å². The Hall–Kier alpha value is -1.81. The summed E-state index contributed by atoms with van der Waals surface area (Å²) in [5.74, 6) is 0. The van der Waals surface area contributed by atoms with E-state index in [2.05, 4.69) is 9.97 Å². The van der Waals surface area contributed by atoms with Crippen LogP contribution < -0.4 is 5.56 Å². The van der Waals surface area contributed by atoms with Crippen molar-refractivity contribution in [2.24, 2.45) is 7.05 Å². The second-order valence-electron chi connectivity index (χ2n) is 5.36. The molecule has 9 heteroatoms. The Labute approximate surface area is 119 Å². The monoisotopic (exact) mass is 296 g/mol. The van der Waals surface area contributed by atoms with Crippen LogP contribution >= 0.6 is 0 Å². The molecule has 0 aromatic carbocycles. The maximum atomic E-state index is 12.0. The third-order valence-electron chi connectivity index (χ3n) is 3.83. The predicted octanol–water partition coefficient (Wildman–Crippen LogP) is -1.87. The largest absolute Gasteiger partial charge is 0.394 e. The second-order valence-corrected chi connectivity index (χ2v) is 5.36. The van der Waals surface area contributed by atoms with Crippen molar-refractivity contribution in [3.63, 3.8) is 0 Å². The molecule has 0 radical (unpaired) electrons. The molecule has 21 heavy (non-hydrogen) atoms. The number of rotatable bonds is 2. The molecule has 9 nitrogen and oxygen atoms in total. The Kier molecular flexibility index (Phi) is 3.10. The molecule has 3 N–H and O–H groups in total. The maximum absolute atomic E-state index is 12.0. The fourth-order valence-electron chi connectivity index (χ4n) is 2.56. The maximum Gasteiger partial charge on any atom is 0.281 e. The molecule has 4 atom stereocenters. The number of fused-ring (bicyclic) bond motifs is 1. The van der Waals surface area contributed by atoms with Crippen molar-refractivity contribution in [2.75, 3.05) is 6.61 Å². The highest BCUT2D eigenvalue weighted by Gasteiger charge is 2.53. The van der Waals surface area contributed by atoms with Gasteiger partial charge in [-0.15, -0.1) is 0 Å². The van der Waals surface area contributed by atoms with Gasteiger partial charge in [-0.3, -0.25) is 9.36 Å². The Bertz CT molecular complexity index is 737. The molecule has 0 bridgehead atoms. The number of aromatic nitrogens is 4. The zero-order valence-corrected chi connectivity index (χ0v) is 11.5. The molecule has 0 unspecified atom stereocenters. The van der Waals surface area contributed by atoms with E-state index < -0.39 is 30.6 Å². The van der Waals surface area contributed by atoms with Gasteiger partial charge in [-0.2, -0.15) is 0 Å². The first kappa shape index (κ1) is 14.1. The van der Waals surface area contributed by atoms with Crippen LogP contribution in [0.3, 0.4) is 0 Å². The van der Waals surface area contributed by atoms with Gasteiger partial charge in [0.15, 0.2) is 17.4 Å². The number of aliphatic hydroxyl groups is 3. The van der Waals surface area contributed by atoms with Gasteiger partial charge in [-0.05, 0) is 6.92 Å². The van der Waals surface area contributed by atoms with Crippen LogP contribution in [0.25, 0.3) is 11.2 Å². The molecule has 0 amide bonds. The molecule has 0 spiro atoms. The van der Waals surface area contributed by atoms with Crippen LogP contribution in [0.2, 0.25) is 0 Å². The van der Waals surface area contributed by atoms with E-state index in [0.717, 1.165) is 0 Å². The van der Waals surface area contributed by atoms with Crippen LogP contribution in [0, 0.1) is 0 Å². The summed E-state index contributed by atoms with van der Waals surface area (Å²) >= 11 is 0. The quantitative estimate of drug-likeness (QED) is 0.593. The van der Waals surface area contributed by atoms with Crippen molar-refractivity contribution in [1.82, 2.24) is 19.1 Å². The third kappa shape index (κ3) is 1.89. The van der Waals surface area contributed by atoms with Gasteiger partial charge >= 0.3 is 0 Å². The highest BCUT2D eigenvalue weighted by Crippen LogP contribution is 2.38. The number of nitrogens with zero attached hydrogens (tertiary/aromatic N) is 4. The molecule has 3 heterocycles. The lowest BCUT2D eigenvalue weighted by atomic mass is 9.96. The number of imidazole rings is 1. The van der Waals surface area contributed by atoms with Crippen LogP contribution in [0.1, 0.15) is 13.2 Å². The summed E-state index contributed by atoms with van der Waals surface area (Å²) in [7, 11) is 1.56. The van der Waals surface area contributed by atoms with Gasteiger partial charge in [-0.1, -0.05) is 0 Å². The van der Waals surface area contributed by atoms with E-state index in [0.29, 0.717) is 0 Å². The molecular formula is C12H16N4O5. The summed E-state index contributed by atoms with van der Waals surface area (Å²) in [6, 6.07) is 0. The van der Waals surface area contributed by atoms with Crippen molar-refractivity contribution in [3.8, 4) is 0 Å². The third-order valence-corrected chi connectivity index (χ3v) is 3.83. The van der Waals surface area contributed by atoms with Gasteiger partial charge in [0, 0.05) is 7.05 Å². The van der Waals surface area contributed by atoms with Crippen LogP contribution in [-0.2, 0) is 11.8 Å². The van der Waals surface area contributed by atoms with Crippen molar-refractivity contribution in [1.29, 1.82) is 0 Å². The fraction of sp³-hybridized carbons (Fsp3) is 0.583. The summed E-state index contributed by atoms with van der Waals surface area (Å²) in [5, 5.41) is 29.6. The van der Waals surface area contributed by atoms with Gasteiger partial charge < -0.3 is 24.6 Å². The van der Waals surface area contributed by atoms with Crippen LogP contribution in [0.4, 0.5) is 0 Å². The lowest BCUT2D eigenvalue weighted by molar-refractivity contribution is -0.0950. The van der Waals surface area contributed by atoms with E-state index in [1.165, 1.54) is 28.7 Å². The predicted molar refractivity (Wildman–Crippen MR) is 70.4 cm³/mol. The van der Waals surface area contributed by atoms with Crippen molar-refractivity contribution in [2.45, 2.75) is 31.0 Å². The van der Waals surface area contributed by atoms with Crippen molar-refractivity contribution in [3.05, 3.63) is 23.0 Å². The van der Waals surface area contributed by atoms with Gasteiger partial charge in [-0.25, -0.2) is 9.97 Å². The Morgan fingerprint density at radius 3 is 2.76 bits per heavy atom. The highest BCUT2D eigenvalue weighted by molar-refractivity contribution is 5.69. The minimum absolute atomic E-state index is 0.140. The van der Waals surface area contributed by atoms with E-state index in [-0.39, 0.29) is 16.7 Å². The molecule has 0 aliphatic carbocycles. The Morgan fingerprint density at radius 2 is 2.14 bits per heavy atom. The first-order chi connectivity index (χ1) is 9.87. The Balaban J connectivity index is 2.13. The molecule has 3 rings (SSSR count). The molecule has 114 valence electrons. The van der Waals surface area contributed by atoms with E-state index in [1.54, 1.807) is 7.05 Å². The van der Waals surface area contributed by atoms with Crippen LogP contribution in [-0.4, -0.2) is 58.8 Å². The first-order valence-corrected chi connectivity index (χ1v) is 6.43. The smallest absolute Gasteiger partial charge is 0.281 e. The SMILES string of the molecule is Cn1cnc2c(ncn2[C@@H]2O[C@H](CO)[C@@H](O)[C@@]2(C)O)c1=O. The lowest BCUT2D eigenvalue weighted by Crippen LogP contribution is -2.44. The average molecular weight is 296 g/mol. The molecule has 1 aliphatic rings. The zero-order chi connectivity index (χ0) is 15.4. The van der Waals surface area contributed by atoms with Gasteiger partial charge in [0.2, 0.25) is 0 Å². The molecular weight excluding hydrogens is 280 g/mol. The van der Waals surface area contributed by atoms with E-state index in [9.17, 15) is 20.1 Å². The van der Waals surface area contributed by atoms with Gasteiger partial charge in [0.25, 0.3) is 5.56 Å². The summed E-state index contributed by atoms with van der Waals surface area (Å²) < 4.78 is 8.16. The number of hydrogen-bond acceptors (Lipinski definition) is 7.